The number of aryl methyl sites for hydroxylation is 1. The van der Waals surface area contributed by atoms with Crippen molar-refractivity contribution in [3.63, 3.8) is 0 Å². The molecule has 0 aliphatic carbocycles. The number of carbonyl (C=O) groups excluding carboxylic acids is 3. The predicted octanol–water partition coefficient (Wildman–Crippen LogP) is 3.22. The molecule has 4 rings (SSSR count). The molecule has 1 N–H and O–H groups in total. The molecule has 3 amide bonds. The van der Waals surface area contributed by atoms with E-state index in [2.05, 4.69) is 10.3 Å². The van der Waals surface area contributed by atoms with Gasteiger partial charge in [0.1, 0.15) is 0 Å². The Bertz CT molecular complexity index is 1090. The lowest BCUT2D eigenvalue weighted by Crippen LogP contribution is -2.31. The van der Waals surface area contributed by atoms with Gasteiger partial charge in [-0.05, 0) is 37.1 Å². The number of thiazole rings is 1. The fourth-order valence-corrected chi connectivity index (χ4v) is 3.90. The lowest BCUT2D eigenvalue weighted by molar-refractivity contribution is 0.0656. The molecule has 1 aromatic heterocycles. The Hall–Kier alpha value is -3.32. The Morgan fingerprint density at radius 2 is 1.83 bits per heavy atom. The van der Waals surface area contributed by atoms with Crippen LogP contribution in [-0.4, -0.2) is 34.2 Å². The monoisotopic (exact) mass is 405 g/mol. The number of benzene rings is 2. The minimum absolute atomic E-state index is 0.278. The maximum Gasteiger partial charge on any atom is 0.261 e. The van der Waals surface area contributed by atoms with Gasteiger partial charge in [-0.2, -0.15) is 0 Å². The second kappa shape index (κ2) is 7.97. The van der Waals surface area contributed by atoms with Crippen LogP contribution in [0.15, 0.2) is 53.9 Å². The minimum Gasteiger partial charge on any atom is -0.346 e. The molecule has 29 heavy (non-hydrogen) atoms. The van der Waals surface area contributed by atoms with Crippen LogP contribution in [0.2, 0.25) is 0 Å². The van der Waals surface area contributed by atoms with Crippen molar-refractivity contribution in [2.45, 2.75) is 19.9 Å². The summed E-state index contributed by atoms with van der Waals surface area (Å²) in [5.74, 6) is -0.974. The van der Waals surface area contributed by atoms with E-state index >= 15 is 0 Å². The number of amides is 3. The van der Waals surface area contributed by atoms with Gasteiger partial charge in [0.25, 0.3) is 17.7 Å². The first-order valence-electron chi connectivity index (χ1n) is 9.26. The first-order chi connectivity index (χ1) is 14.0. The topological polar surface area (TPSA) is 79.4 Å². The summed E-state index contributed by atoms with van der Waals surface area (Å²) >= 11 is 1.52. The van der Waals surface area contributed by atoms with E-state index in [-0.39, 0.29) is 23.3 Å². The summed E-state index contributed by atoms with van der Waals surface area (Å²) in [5.41, 5.74) is 2.82. The molecule has 146 valence electrons. The van der Waals surface area contributed by atoms with Gasteiger partial charge in [0.05, 0.1) is 28.4 Å². The zero-order valence-corrected chi connectivity index (χ0v) is 16.7. The van der Waals surface area contributed by atoms with Crippen molar-refractivity contribution in [3.8, 4) is 0 Å². The fourth-order valence-electron chi connectivity index (χ4n) is 3.28. The van der Waals surface area contributed by atoms with Gasteiger partial charge in [0, 0.05) is 17.5 Å². The highest BCUT2D eigenvalue weighted by Gasteiger charge is 2.35. The average molecular weight is 405 g/mol. The third-order valence-corrected chi connectivity index (χ3v) is 5.62. The van der Waals surface area contributed by atoms with Gasteiger partial charge in [0.15, 0.2) is 0 Å². The van der Waals surface area contributed by atoms with E-state index in [1.807, 2.05) is 42.6 Å². The number of hydrogen-bond donors (Lipinski definition) is 1. The summed E-state index contributed by atoms with van der Waals surface area (Å²) in [4.78, 5) is 43.4. The molecule has 0 saturated carbocycles. The standard InChI is InChI=1S/C22H19N3O3S/c1-14-24-17(13-29-14)12-23-20(26)16-7-8-18-19(11-16)22(28)25(21(18)27)10-9-15-5-3-2-4-6-15/h2-8,11,13H,9-10,12H2,1H3,(H,23,26). The number of nitrogens with one attached hydrogen (secondary N) is 1. The molecule has 3 aromatic rings. The summed E-state index contributed by atoms with van der Waals surface area (Å²) in [5, 5.41) is 5.63. The number of imide groups is 1. The molecule has 2 aromatic carbocycles. The Morgan fingerprint density at radius 1 is 1.07 bits per heavy atom. The van der Waals surface area contributed by atoms with Gasteiger partial charge >= 0.3 is 0 Å². The van der Waals surface area contributed by atoms with Crippen LogP contribution in [0.25, 0.3) is 0 Å². The van der Waals surface area contributed by atoms with Crippen molar-refractivity contribution < 1.29 is 14.4 Å². The van der Waals surface area contributed by atoms with Crippen molar-refractivity contribution >= 4 is 29.1 Å². The van der Waals surface area contributed by atoms with Crippen molar-refractivity contribution in [2.75, 3.05) is 6.54 Å². The van der Waals surface area contributed by atoms with Crippen molar-refractivity contribution in [1.29, 1.82) is 0 Å². The second-order valence-electron chi connectivity index (χ2n) is 6.80. The van der Waals surface area contributed by atoms with Crippen molar-refractivity contribution in [2.24, 2.45) is 0 Å². The largest absolute Gasteiger partial charge is 0.346 e. The van der Waals surface area contributed by atoms with Crippen LogP contribution in [0, 0.1) is 6.92 Å². The highest BCUT2D eigenvalue weighted by atomic mass is 32.1. The van der Waals surface area contributed by atoms with Crippen LogP contribution in [-0.2, 0) is 13.0 Å². The molecule has 7 heteroatoms. The van der Waals surface area contributed by atoms with Gasteiger partial charge in [-0.25, -0.2) is 4.98 Å². The van der Waals surface area contributed by atoms with Gasteiger partial charge in [-0.15, -0.1) is 11.3 Å². The van der Waals surface area contributed by atoms with Crippen molar-refractivity contribution in [1.82, 2.24) is 15.2 Å². The van der Waals surface area contributed by atoms with E-state index in [4.69, 9.17) is 0 Å². The Balaban J connectivity index is 1.45. The Labute approximate surface area is 172 Å². The minimum atomic E-state index is -0.356. The van der Waals surface area contributed by atoms with Crippen molar-refractivity contribution in [3.05, 3.63) is 86.9 Å². The van der Waals surface area contributed by atoms with Gasteiger partial charge in [0.2, 0.25) is 0 Å². The van der Waals surface area contributed by atoms with Gasteiger partial charge < -0.3 is 5.32 Å². The van der Waals surface area contributed by atoms with E-state index in [0.717, 1.165) is 16.3 Å². The lowest BCUT2D eigenvalue weighted by atomic mass is 10.1. The quantitative estimate of drug-likeness (QED) is 0.639. The zero-order valence-electron chi connectivity index (χ0n) is 15.8. The summed E-state index contributed by atoms with van der Waals surface area (Å²) in [6.07, 6.45) is 0.590. The van der Waals surface area contributed by atoms with Crippen LogP contribution in [0.4, 0.5) is 0 Å². The normalized spacial score (nSPS) is 12.9. The number of carbonyl (C=O) groups is 3. The molecular weight excluding hydrogens is 386 g/mol. The van der Waals surface area contributed by atoms with Gasteiger partial charge in [-0.3, -0.25) is 19.3 Å². The van der Waals surface area contributed by atoms with Gasteiger partial charge in [-0.1, -0.05) is 30.3 Å². The summed E-state index contributed by atoms with van der Waals surface area (Å²) in [6, 6.07) is 14.3. The van der Waals surface area contributed by atoms with E-state index in [0.29, 0.717) is 30.6 Å². The third kappa shape index (κ3) is 3.95. The molecule has 0 bridgehead atoms. The molecule has 0 spiro atoms. The molecule has 0 fully saturated rings. The maximum absolute atomic E-state index is 12.8. The van der Waals surface area contributed by atoms with Crippen LogP contribution >= 0.6 is 11.3 Å². The summed E-state index contributed by atoms with van der Waals surface area (Å²) < 4.78 is 0. The molecule has 0 atom stereocenters. The molecule has 6 nitrogen and oxygen atoms in total. The van der Waals surface area contributed by atoms with E-state index in [9.17, 15) is 14.4 Å². The molecule has 0 saturated heterocycles. The molecule has 2 heterocycles. The third-order valence-electron chi connectivity index (χ3n) is 4.80. The smallest absolute Gasteiger partial charge is 0.261 e. The van der Waals surface area contributed by atoms with E-state index in [1.165, 1.54) is 22.3 Å². The fraction of sp³-hybridized carbons (Fsp3) is 0.182. The molecule has 1 aliphatic rings. The second-order valence-corrected chi connectivity index (χ2v) is 7.86. The highest BCUT2D eigenvalue weighted by molar-refractivity contribution is 7.09. The highest BCUT2D eigenvalue weighted by Crippen LogP contribution is 2.24. The van der Waals surface area contributed by atoms with Crippen LogP contribution < -0.4 is 5.32 Å². The van der Waals surface area contributed by atoms with E-state index in [1.54, 1.807) is 12.1 Å². The SMILES string of the molecule is Cc1nc(CNC(=O)c2ccc3c(c2)C(=O)N(CCc2ccccc2)C3=O)cs1. The zero-order chi connectivity index (χ0) is 20.4. The number of rotatable bonds is 6. The van der Waals surface area contributed by atoms with Crippen LogP contribution in [0.3, 0.4) is 0 Å². The maximum atomic E-state index is 12.8. The van der Waals surface area contributed by atoms with Crippen LogP contribution in [0.5, 0.6) is 0 Å². The summed E-state index contributed by atoms with van der Waals surface area (Å²) in [7, 11) is 0. The Morgan fingerprint density at radius 3 is 2.55 bits per heavy atom. The first-order valence-corrected chi connectivity index (χ1v) is 10.1. The Kier molecular flexibility index (Phi) is 5.22. The van der Waals surface area contributed by atoms with Crippen LogP contribution in [0.1, 0.15) is 47.3 Å². The lowest BCUT2D eigenvalue weighted by Gasteiger charge is -2.13. The predicted molar refractivity (Wildman–Crippen MR) is 110 cm³/mol. The molecule has 0 radical (unpaired) electrons. The molecule has 0 unspecified atom stereocenters. The number of hydrogen-bond acceptors (Lipinski definition) is 5. The number of fused-ring (bicyclic) bond motifs is 1. The summed E-state index contributed by atoms with van der Waals surface area (Å²) in [6.45, 7) is 2.53. The first kappa shape index (κ1) is 19.0. The number of aromatic nitrogens is 1. The molecular formula is C22H19N3O3S. The van der Waals surface area contributed by atoms with E-state index < -0.39 is 0 Å². The molecule has 1 aliphatic heterocycles. The number of nitrogens with zero attached hydrogens (tertiary/aromatic N) is 2. The average Bonchev–Trinajstić information content (AvgIpc) is 3.26.